The molecule has 0 bridgehead atoms. The van der Waals surface area contributed by atoms with Gasteiger partial charge in [0.25, 0.3) is 0 Å². The zero-order valence-corrected chi connectivity index (χ0v) is 13.2. The van der Waals surface area contributed by atoms with Crippen LogP contribution in [0.1, 0.15) is 16.8 Å². The Morgan fingerprint density at radius 1 is 1.13 bits per heavy atom. The van der Waals surface area contributed by atoms with Crippen molar-refractivity contribution in [2.45, 2.75) is 6.42 Å². The van der Waals surface area contributed by atoms with Crippen LogP contribution in [0.4, 0.5) is 4.39 Å². The molecule has 1 heterocycles. The minimum absolute atomic E-state index is 0.0769. The maximum absolute atomic E-state index is 13.2. The third-order valence-electron chi connectivity index (χ3n) is 3.28. The number of aromatic amines is 1. The molecule has 4 nitrogen and oxygen atoms in total. The summed E-state index contributed by atoms with van der Waals surface area (Å²) in [6.07, 6.45) is 0.521. The zero-order chi connectivity index (χ0) is 16.4. The smallest absolute Gasteiger partial charge is 0.163 e. The molecular formula is C16H9Cl2FN4. The number of aromatic nitrogens is 3. The molecule has 0 aliphatic heterocycles. The van der Waals surface area contributed by atoms with Crippen molar-refractivity contribution in [2.75, 3.05) is 0 Å². The lowest BCUT2D eigenvalue weighted by atomic mass is 10.0. The lowest BCUT2D eigenvalue weighted by Crippen LogP contribution is -1.92. The second-order valence-corrected chi connectivity index (χ2v) is 5.76. The first kappa shape index (κ1) is 15.5. The number of nitrogens with zero attached hydrogens (tertiary/aromatic N) is 3. The highest BCUT2D eigenvalue weighted by atomic mass is 35.5. The molecule has 0 unspecified atom stereocenters. The fraction of sp³-hybridized carbons (Fsp3) is 0.0625. The van der Waals surface area contributed by atoms with Crippen molar-refractivity contribution in [3.05, 3.63) is 69.1 Å². The van der Waals surface area contributed by atoms with Gasteiger partial charge in [-0.15, -0.1) is 5.10 Å². The van der Waals surface area contributed by atoms with E-state index in [1.165, 1.54) is 6.07 Å². The van der Waals surface area contributed by atoms with Crippen LogP contribution in [0.3, 0.4) is 0 Å². The molecule has 0 saturated carbocycles. The average molecular weight is 347 g/mol. The molecule has 7 heteroatoms. The molecule has 3 rings (SSSR count). The Labute approximate surface area is 141 Å². The summed E-state index contributed by atoms with van der Waals surface area (Å²) in [5.74, 6) is -0.455. The SMILES string of the molecule is N#Cc1[nH]nnc1-c1cc(Cl)cc(Cc2ccc(F)c(Cl)c2)c1. The first-order chi connectivity index (χ1) is 11.1. The molecule has 0 radical (unpaired) electrons. The van der Waals surface area contributed by atoms with Crippen LogP contribution in [0.15, 0.2) is 36.4 Å². The van der Waals surface area contributed by atoms with Gasteiger partial charge in [-0.2, -0.15) is 5.26 Å². The number of halogens is 3. The average Bonchev–Trinajstić information content (AvgIpc) is 2.99. The van der Waals surface area contributed by atoms with Crippen LogP contribution in [0.25, 0.3) is 11.3 Å². The fourth-order valence-corrected chi connectivity index (χ4v) is 2.74. The van der Waals surface area contributed by atoms with E-state index in [4.69, 9.17) is 28.5 Å². The number of rotatable bonds is 3. The van der Waals surface area contributed by atoms with Crippen LogP contribution < -0.4 is 0 Å². The number of benzene rings is 2. The van der Waals surface area contributed by atoms with Crippen molar-refractivity contribution < 1.29 is 4.39 Å². The minimum Gasteiger partial charge on any atom is -0.247 e. The van der Waals surface area contributed by atoms with Gasteiger partial charge in [0.1, 0.15) is 17.6 Å². The molecule has 0 fully saturated rings. The Morgan fingerprint density at radius 2 is 1.96 bits per heavy atom. The van der Waals surface area contributed by atoms with E-state index in [1.807, 2.05) is 12.1 Å². The first-order valence-corrected chi connectivity index (χ1v) is 7.37. The largest absolute Gasteiger partial charge is 0.247 e. The molecule has 3 aromatic rings. The number of nitriles is 1. The van der Waals surface area contributed by atoms with E-state index in [0.717, 1.165) is 11.1 Å². The zero-order valence-electron chi connectivity index (χ0n) is 11.6. The summed E-state index contributed by atoms with van der Waals surface area (Å²) >= 11 is 12.0. The van der Waals surface area contributed by atoms with Crippen molar-refractivity contribution in [1.29, 1.82) is 5.26 Å². The maximum atomic E-state index is 13.2. The van der Waals surface area contributed by atoms with E-state index in [2.05, 4.69) is 15.4 Å². The second-order valence-electron chi connectivity index (χ2n) is 4.92. The molecule has 1 aromatic heterocycles. The van der Waals surface area contributed by atoms with Gasteiger partial charge < -0.3 is 0 Å². The second kappa shape index (κ2) is 6.37. The fourth-order valence-electron chi connectivity index (χ4n) is 2.28. The van der Waals surface area contributed by atoms with Gasteiger partial charge in [-0.25, -0.2) is 9.49 Å². The molecule has 23 heavy (non-hydrogen) atoms. The van der Waals surface area contributed by atoms with Crippen LogP contribution in [0, 0.1) is 17.1 Å². The summed E-state index contributed by atoms with van der Waals surface area (Å²) in [4.78, 5) is 0. The third kappa shape index (κ3) is 3.34. The summed E-state index contributed by atoms with van der Waals surface area (Å²) in [5, 5.41) is 19.7. The van der Waals surface area contributed by atoms with Gasteiger partial charge in [-0.3, -0.25) is 0 Å². The monoisotopic (exact) mass is 346 g/mol. The number of hydrogen-bond donors (Lipinski definition) is 1. The van der Waals surface area contributed by atoms with Gasteiger partial charge in [0, 0.05) is 10.6 Å². The normalized spacial score (nSPS) is 10.5. The van der Waals surface area contributed by atoms with Gasteiger partial charge in [0.05, 0.1) is 5.02 Å². The highest BCUT2D eigenvalue weighted by Crippen LogP contribution is 2.27. The molecule has 1 N–H and O–H groups in total. The summed E-state index contributed by atoms with van der Waals surface area (Å²) in [6.45, 7) is 0. The van der Waals surface area contributed by atoms with Gasteiger partial charge >= 0.3 is 0 Å². The number of hydrogen-bond acceptors (Lipinski definition) is 3. The molecular weight excluding hydrogens is 338 g/mol. The van der Waals surface area contributed by atoms with Crippen LogP contribution in [0.2, 0.25) is 10.0 Å². The van der Waals surface area contributed by atoms with Crippen LogP contribution >= 0.6 is 23.2 Å². The van der Waals surface area contributed by atoms with E-state index < -0.39 is 5.82 Å². The van der Waals surface area contributed by atoms with Crippen LogP contribution in [0.5, 0.6) is 0 Å². The van der Waals surface area contributed by atoms with Crippen molar-refractivity contribution in [2.24, 2.45) is 0 Å². The minimum atomic E-state index is -0.455. The molecule has 0 aliphatic carbocycles. The van der Waals surface area contributed by atoms with Crippen molar-refractivity contribution in [1.82, 2.24) is 15.4 Å². The lowest BCUT2D eigenvalue weighted by molar-refractivity contribution is 0.627. The molecule has 0 aliphatic rings. The van der Waals surface area contributed by atoms with Crippen LogP contribution in [-0.4, -0.2) is 15.4 Å². The van der Waals surface area contributed by atoms with Gasteiger partial charge in [-0.05, 0) is 47.9 Å². The summed E-state index contributed by atoms with van der Waals surface area (Å²) in [6, 6.07) is 11.9. The highest BCUT2D eigenvalue weighted by molar-refractivity contribution is 6.31. The van der Waals surface area contributed by atoms with E-state index in [1.54, 1.807) is 24.3 Å². The van der Waals surface area contributed by atoms with E-state index >= 15 is 0 Å². The Kier molecular flexibility index (Phi) is 4.28. The standard InChI is InChI=1S/C16H9Cl2FN4/c17-12-5-10(3-9-1-2-14(19)13(18)6-9)4-11(7-12)16-15(8-20)21-23-22-16/h1-2,4-7H,3H2,(H,21,22,23). The van der Waals surface area contributed by atoms with Crippen molar-refractivity contribution in [3.63, 3.8) is 0 Å². The van der Waals surface area contributed by atoms with E-state index in [9.17, 15) is 4.39 Å². The summed E-state index contributed by atoms with van der Waals surface area (Å²) in [7, 11) is 0. The molecule has 0 atom stereocenters. The Hall–Kier alpha value is -2.42. The Morgan fingerprint density at radius 3 is 2.70 bits per heavy atom. The molecule has 2 aromatic carbocycles. The Bertz CT molecular complexity index is 915. The molecule has 0 saturated heterocycles. The quantitative estimate of drug-likeness (QED) is 0.765. The van der Waals surface area contributed by atoms with Crippen LogP contribution in [-0.2, 0) is 6.42 Å². The molecule has 114 valence electrons. The lowest BCUT2D eigenvalue weighted by Gasteiger charge is -2.07. The predicted molar refractivity (Wildman–Crippen MR) is 85.8 cm³/mol. The third-order valence-corrected chi connectivity index (χ3v) is 3.79. The topological polar surface area (TPSA) is 65.4 Å². The highest BCUT2D eigenvalue weighted by Gasteiger charge is 2.12. The molecule has 0 amide bonds. The predicted octanol–water partition coefficient (Wildman–Crippen LogP) is 4.38. The Balaban J connectivity index is 1.98. The van der Waals surface area contributed by atoms with E-state index in [0.29, 0.717) is 22.7 Å². The van der Waals surface area contributed by atoms with Gasteiger partial charge in [0.15, 0.2) is 5.69 Å². The maximum Gasteiger partial charge on any atom is 0.163 e. The van der Waals surface area contributed by atoms with Gasteiger partial charge in [-0.1, -0.05) is 34.5 Å². The number of nitrogens with one attached hydrogen (secondary N) is 1. The van der Waals surface area contributed by atoms with Crippen molar-refractivity contribution in [3.8, 4) is 17.3 Å². The van der Waals surface area contributed by atoms with E-state index in [-0.39, 0.29) is 10.7 Å². The summed E-state index contributed by atoms with van der Waals surface area (Å²) in [5.41, 5.74) is 3.13. The number of H-pyrrole nitrogens is 1. The summed E-state index contributed by atoms with van der Waals surface area (Å²) < 4.78 is 13.2. The first-order valence-electron chi connectivity index (χ1n) is 6.61. The molecule has 0 spiro atoms. The van der Waals surface area contributed by atoms with Gasteiger partial charge in [0.2, 0.25) is 0 Å². The van der Waals surface area contributed by atoms with Crippen molar-refractivity contribution >= 4 is 23.2 Å².